The molecule has 0 aromatic carbocycles. The lowest BCUT2D eigenvalue weighted by molar-refractivity contribution is -0.302. The van der Waals surface area contributed by atoms with Gasteiger partial charge in [-0.2, -0.15) is 0 Å². The molecule has 1 aliphatic heterocycles. The molecular formula is C43H79NO8. The Morgan fingerprint density at radius 1 is 0.635 bits per heavy atom. The number of aliphatic hydroxyl groups excluding tert-OH is 5. The van der Waals surface area contributed by atoms with Crippen molar-refractivity contribution in [1.82, 2.24) is 5.32 Å². The Balaban J connectivity index is 2.45. The van der Waals surface area contributed by atoms with Crippen molar-refractivity contribution in [1.29, 1.82) is 0 Å². The number of hydrogen-bond acceptors (Lipinski definition) is 8. The zero-order valence-electron chi connectivity index (χ0n) is 33.1. The van der Waals surface area contributed by atoms with E-state index in [0.29, 0.717) is 6.42 Å². The van der Waals surface area contributed by atoms with Crippen LogP contribution in [0.3, 0.4) is 0 Å². The zero-order chi connectivity index (χ0) is 38.1. The van der Waals surface area contributed by atoms with Crippen molar-refractivity contribution in [2.75, 3.05) is 13.2 Å². The summed E-state index contributed by atoms with van der Waals surface area (Å²) in [4.78, 5) is 12.9. The number of hydrogen-bond donors (Lipinski definition) is 6. The van der Waals surface area contributed by atoms with E-state index in [2.05, 4.69) is 43.5 Å². The molecule has 1 amide bonds. The summed E-state index contributed by atoms with van der Waals surface area (Å²) >= 11 is 0. The van der Waals surface area contributed by atoms with E-state index in [0.717, 1.165) is 57.8 Å². The predicted molar refractivity (Wildman–Crippen MR) is 212 cm³/mol. The molecule has 0 aromatic heterocycles. The fourth-order valence-electron chi connectivity index (χ4n) is 6.46. The van der Waals surface area contributed by atoms with Gasteiger partial charge >= 0.3 is 0 Å². The van der Waals surface area contributed by atoms with Gasteiger partial charge in [-0.25, -0.2) is 0 Å². The molecule has 1 saturated heterocycles. The molecule has 9 nitrogen and oxygen atoms in total. The van der Waals surface area contributed by atoms with E-state index in [-0.39, 0.29) is 12.5 Å². The Morgan fingerprint density at radius 2 is 1.10 bits per heavy atom. The average Bonchev–Trinajstić information content (AvgIpc) is 3.14. The molecule has 0 aliphatic carbocycles. The number of aliphatic hydroxyl groups is 5. The fourth-order valence-corrected chi connectivity index (χ4v) is 6.46. The molecule has 304 valence electrons. The monoisotopic (exact) mass is 738 g/mol. The van der Waals surface area contributed by atoms with Crippen molar-refractivity contribution in [3.05, 3.63) is 36.5 Å². The topological polar surface area (TPSA) is 149 Å². The minimum Gasteiger partial charge on any atom is -0.394 e. The van der Waals surface area contributed by atoms with Crippen LogP contribution in [0.15, 0.2) is 36.5 Å². The third-order valence-electron chi connectivity index (χ3n) is 9.94. The molecule has 6 N–H and O–H groups in total. The molecule has 1 heterocycles. The normalized spacial score (nSPS) is 22.2. The molecule has 0 spiro atoms. The van der Waals surface area contributed by atoms with Crippen LogP contribution in [0.4, 0.5) is 0 Å². The molecule has 1 aliphatic rings. The smallest absolute Gasteiger partial charge is 0.220 e. The van der Waals surface area contributed by atoms with E-state index >= 15 is 0 Å². The van der Waals surface area contributed by atoms with Gasteiger partial charge in [0.2, 0.25) is 5.91 Å². The lowest BCUT2D eigenvalue weighted by Crippen LogP contribution is -2.60. The number of rotatable bonds is 34. The second-order valence-corrected chi connectivity index (χ2v) is 14.8. The number of allylic oxidation sites excluding steroid dienone is 5. The Hall–Kier alpha value is -1.59. The van der Waals surface area contributed by atoms with Crippen LogP contribution in [0, 0.1) is 0 Å². The van der Waals surface area contributed by atoms with Crippen LogP contribution >= 0.6 is 0 Å². The molecule has 9 heteroatoms. The van der Waals surface area contributed by atoms with Crippen molar-refractivity contribution >= 4 is 5.91 Å². The molecule has 52 heavy (non-hydrogen) atoms. The van der Waals surface area contributed by atoms with E-state index in [1.54, 1.807) is 6.08 Å². The SMILES string of the molecule is CCCCCCC/C=C\CCCCCCCC(=O)NC(COC1OC(CO)C(O)C(O)C1O)C(O)/C=C/CC/C=C/CCCCCCCCCCC. The first kappa shape index (κ1) is 48.4. The Kier molecular flexibility index (Phi) is 31.6. The van der Waals surface area contributed by atoms with E-state index in [4.69, 9.17) is 9.47 Å². The predicted octanol–water partition coefficient (Wildman–Crippen LogP) is 8.11. The maximum Gasteiger partial charge on any atom is 0.220 e. The highest BCUT2D eigenvalue weighted by molar-refractivity contribution is 5.76. The van der Waals surface area contributed by atoms with Crippen LogP contribution in [0.1, 0.15) is 174 Å². The van der Waals surface area contributed by atoms with E-state index in [1.807, 2.05) is 6.08 Å². The standard InChI is InChI=1S/C43H79NO8/c1-3-5-7-9-11-13-15-17-19-20-22-24-26-28-30-32-37(46)36(35-51-43-42(50)41(49)40(48)38(34-45)52-43)44-39(47)33-31-29-27-25-23-21-18-16-14-12-10-8-6-4-2/h16,18,22,24,30,32,36-38,40-43,45-46,48-50H,3-15,17,19-21,23,25-29,31,33-35H2,1-2H3,(H,44,47)/b18-16-,24-22+,32-30+. The Morgan fingerprint density at radius 3 is 1.62 bits per heavy atom. The molecule has 1 rings (SSSR count). The van der Waals surface area contributed by atoms with Gasteiger partial charge in [-0.05, 0) is 57.8 Å². The molecule has 0 radical (unpaired) electrons. The van der Waals surface area contributed by atoms with Gasteiger partial charge in [0, 0.05) is 6.42 Å². The van der Waals surface area contributed by atoms with Gasteiger partial charge in [0.1, 0.15) is 24.4 Å². The van der Waals surface area contributed by atoms with Crippen molar-refractivity contribution in [2.24, 2.45) is 0 Å². The number of nitrogens with one attached hydrogen (secondary N) is 1. The second kappa shape index (κ2) is 33.9. The molecule has 7 atom stereocenters. The highest BCUT2D eigenvalue weighted by Gasteiger charge is 2.44. The molecule has 0 saturated carbocycles. The van der Waals surface area contributed by atoms with Crippen molar-refractivity contribution in [3.8, 4) is 0 Å². The first-order valence-electron chi connectivity index (χ1n) is 21.2. The largest absolute Gasteiger partial charge is 0.394 e. The first-order valence-corrected chi connectivity index (χ1v) is 21.2. The minimum atomic E-state index is -1.57. The van der Waals surface area contributed by atoms with Crippen LogP contribution in [0.5, 0.6) is 0 Å². The van der Waals surface area contributed by atoms with Crippen molar-refractivity contribution in [3.63, 3.8) is 0 Å². The summed E-state index contributed by atoms with van der Waals surface area (Å²) in [7, 11) is 0. The van der Waals surface area contributed by atoms with Crippen LogP contribution < -0.4 is 5.32 Å². The quantitative estimate of drug-likeness (QED) is 0.0287. The second-order valence-electron chi connectivity index (χ2n) is 14.8. The van der Waals surface area contributed by atoms with Gasteiger partial charge < -0.3 is 40.3 Å². The summed E-state index contributed by atoms with van der Waals surface area (Å²) in [5, 5.41) is 54.0. The first-order chi connectivity index (χ1) is 25.3. The number of carbonyl (C=O) groups excluding carboxylic acids is 1. The van der Waals surface area contributed by atoms with E-state index < -0.39 is 49.5 Å². The Bertz CT molecular complexity index is 910. The highest BCUT2D eigenvalue weighted by atomic mass is 16.7. The summed E-state index contributed by atoms with van der Waals surface area (Å²) in [5.41, 5.74) is 0. The number of carbonyl (C=O) groups is 1. The summed E-state index contributed by atoms with van der Waals surface area (Å²) in [6.07, 6.45) is 33.3. The van der Waals surface area contributed by atoms with Crippen LogP contribution in [0.25, 0.3) is 0 Å². The number of unbranched alkanes of at least 4 members (excludes halogenated alkanes) is 20. The third-order valence-corrected chi connectivity index (χ3v) is 9.94. The van der Waals surface area contributed by atoms with E-state index in [9.17, 15) is 30.3 Å². The van der Waals surface area contributed by atoms with Crippen molar-refractivity contribution < 1.29 is 39.8 Å². The van der Waals surface area contributed by atoms with Gasteiger partial charge in [0.25, 0.3) is 0 Å². The highest BCUT2D eigenvalue weighted by Crippen LogP contribution is 2.22. The summed E-state index contributed by atoms with van der Waals surface area (Å²) in [5.74, 6) is -0.198. The van der Waals surface area contributed by atoms with Crippen LogP contribution in [-0.2, 0) is 14.3 Å². The molecule has 0 bridgehead atoms. The summed E-state index contributed by atoms with van der Waals surface area (Å²) in [6.45, 7) is 3.72. The van der Waals surface area contributed by atoms with E-state index in [1.165, 1.54) is 96.3 Å². The lowest BCUT2D eigenvalue weighted by Gasteiger charge is -2.40. The summed E-state index contributed by atoms with van der Waals surface area (Å²) in [6, 6.07) is -0.822. The number of ether oxygens (including phenoxy) is 2. The lowest BCUT2D eigenvalue weighted by atomic mass is 9.99. The van der Waals surface area contributed by atoms with Gasteiger partial charge in [-0.3, -0.25) is 4.79 Å². The molecule has 1 fully saturated rings. The van der Waals surface area contributed by atoms with Crippen LogP contribution in [0.2, 0.25) is 0 Å². The van der Waals surface area contributed by atoms with Gasteiger partial charge in [0.15, 0.2) is 6.29 Å². The van der Waals surface area contributed by atoms with Crippen molar-refractivity contribution in [2.45, 2.75) is 217 Å². The number of amides is 1. The third kappa shape index (κ3) is 24.7. The Labute approximate surface area is 317 Å². The molecular weight excluding hydrogens is 658 g/mol. The van der Waals surface area contributed by atoms with Gasteiger partial charge in [-0.15, -0.1) is 0 Å². The average molecular weight is 738 g/mol. The summed E-state index contributed by atoms with van der Waals surface area (Å²) < 4.78 is 11.2. The van der Waals surface area contributed by atoms with Gasteiger partial charge in [0.05, 0.1) is 25.4 Å². The minimum absolute atomic E-state index is 0.198. The maximum absolute atomic E-state index is 12.9. The molecule has 0 aromatic rings. The fraction of sp³-hybridized carbons (Fsp3) is 0.837. The zero-order valence-corrected chi connectivity index (χ0v) is 33.1. The molecule has 7 unspecified atom stereocenters. The van der Waals surface area contributed by atoms with Gasteiger partial charge in [-0.1, -0.05) is 147 Å². The van der Waals surface area contributed by atoms with Crippen LogP contribution in [-0.4, -0.2) is 87.5 Å². The maximum atomic E-state index is 12.9.